The number of halogens is 4. The molecule has 0 spiro atoms. The van der Waals surface area contributed by atoms with Gasteiger partial charge in [0.2, 0.25) is 5.91 Å². The van der Waals surface area contributed by atoms with Crippen molar-refractivity contribution in [2.24, 2.45) is 0 Å². The van der Waals surface area contributed by atoms with E-state index in [4.69, 9.17) is 9.47 Å². The van der Waals surface area contributed by atoms with Gasteiger partial charge in [-0.2, -0.15) is 8.78 Å². The van der Waals surface area contributed by atoms with Crippen LogP contribution in [-0.4, -0.2) is 41.9 Å². The van der Waals surface area contributed by atoms with Crippen LogP contribution in [0.25, 0.3) is 10.2 Å². The summed E-state index contributed by atoms with van der Waals surface area (Å²) < 4.78 is 66.9. The quantitative estimate of drug-likeness (QED) is 0.628. The predicted octanol–water partition coefficient (Wildman–Crippen LogP) is 4.34. The van der Waals surface area contributed by atoms with Gasteiger partial charge in [-0.05, 0) is 19.1 Å². The third-order valence-electron chi connectivity index (χ3n) is 4.54. The third-order valence-corrected chi connectivity index (χ3v) is 5.78. The second kappa shape index (κ2) is 8.06. The first-order chi connectivity index (χ1) is 13.5. The van der Waals surface area contributed by atoms with Crippen molar-refractivity contribution in [2.75, 3.05) is 13.2 Å². The van der Waals surface area contributed by atoms with Crippen LogP contribution in [0.3, 0.4) is 0 Å². The van der Waals surface area contributed by atoms with Crippen molar-refractivity contribution in [1.29, 1.82) is 0 Å². The Morgan fingerprint density at radius 1 is 1.45 bits per heavy atom. The van der Waals surface area contributed by atoms with E-state index in [1.807, 2.05) is 0 Å². The number of benzene rings is 1. The van der Waals surface area contributed by atoms with E-state index in [0.717, 1.165) is 0 Å². The van der Waals surface area contributed by atoms with Crippen molar-refractivity contribution in [3.63, 3.8) is 0 Å². The molecule has 1 aliphatic rings. The summed E-state index contributed by atoms with van der Waals surface area (Å²) in [7, 11) is 0. The van der Waals surface area contributed by atoms with Crippen LogP contribution in [0.5, 0.6) is 5.75 Å². The summed E-state index contributed by atoms with van der Waals surface area (Å²) in [6, 6.07) is 2.46. The van der Waals surface area contributed by atoms with E-state index in [-0.39, 0.29) is 60.1 Å². The zero-order valence-electron chi connectivity index (χ0n) is 16.2. The molecule has 5 nitrogen and oxygen atoms in total. The molecule has 1 heterocycles. The molecule has 1 amide bonds. The minimum atomic E-state index is -3.17. The van der Waals surface area contributed by atoms with Gasteiger partial charge >= 0.3 is 0 Å². The molecule has 1 aromatic carbocycles. The lowest BCUT2D eigenvalue weighted by molar-refractivity contribution is -0.125. The van der Waals surface area contributed by atoms with Crippen LogP contribution in [0.15, 0.2) is 12.1 Å². The maximum Gasteiger partial charge on any atom is 0.296 e. The average Bonchev–Trinajstić information content (AvgIpc) is 3.02. The van der Waals surface area contributed by atoms with Gasteiger partial charge in [0.05, 0.1) is 22.9 Å². The molecule has 0 aliphatic heterocycles. The lowest BCUT2D eigenvalue weighted by Gasteiger charge is -2.41. The number of nitrogens with zero attached hydrogens (tertiary/aromatic N) is 1. The maximum atomic E-state index is 14.7. The highest BCUT2D eigenvalue weighted by molar-refractivity contribution is 7.18. The van der Waals surface area contributed by atoms with E-state index in [1.54, 1.807) is 6.92 Å². The van der Waals surface area contributed by atoms with Gasteiger partial charge in [-0.3, -0.25) is 4.79 Å². The monoisotopic (exact) mass is 434 g/mol. The normalized spacial score (nSPS) is 22.9. The molecule has 0 saturated heterocycles. The van der Waals surface area contributed by atoms with Crippen LogP contribution in [0.4, 0.5) is 17.6 Å². The Kier molecular flexibility index (Phi) is 6.05. The molecule has 10 heteroatoms. The smallest absolute Gasteiger partial charge is 0.296 e. The summed E-state index contributed by atoms with van der Waals surface area (Å²) in [6.07, 6.45) is -0.115. The maximum absolute atomic E-state index is 14.7. The third kappa shape index (κ3) is 5.16. The molecule has 1 atom stereocenters. The summed E-state index contributed by atoms with van der Waals surface area (Å²) in [5.41, 5.74) is -1.55. The summed E-state index contributed by atoms with van der Waals surface area (Å²) in [5.74, 6) is -4.36. The topological polar surface area (TPSA) is 60.5 Å². The molecular formula is C19H22F4N2O3S. The minimum Gasteiger partial charge on any atom is -0.487 e. The number of carbonyl (C=O) groups excluding carboxylic acids is 1. The van der Waals surface area contributed by atoms with Crippen LogP contribution in [0, 0.1) is 5.82 Å². The largest absolute Gasteiger partial charge is 0.487 e. The molecule has 1 aromatic heterocycles. The number of hydrogen-bond acceptors (Lipinski definition) is 5. The molecule has 1 fully saturated rings. The number of amides is 1. The number of nitrogens with one attached hydrogen (secondary N) is 1. The van der Waals surface area contributed by atoms with Crippen molar-refractivity contribution < 1.29 is 31.8 Å². The molecule has 1 aliphatic carbocycles. The van der Waals surface area contributed by atoms with Crippen LogP contribution >= 0.6 is 11.3 Å². The van der Waals surface area contributed by atoms with Gasteiger partial charge in [0.15, 0.2) is 16.6 Å². The van der Waals surface area contributed by atoms with E-state index in [9.17, 15) is 22.4 Å². The van der Waals surface area contributed by atoms with E-state index in [0.29, 0.717) is 18.3 Å². The van der Waals surface area contributed by atoms with Crippen molar-refractivity contribution in [2.45, 2.75) is 57.3 Å². The van der Waals surface area contributed by atoms with Crippen LogP contribution in [0.2, 0.25) is 0 Å². The second-order valence-corrected chi connectivity index (χ2v) is 8.54. The first-order valence-electron chi connectivity index (χ1n) is 9.14. The highest BCUT2D eigenvalue weighted by Gasteiger charge is 2.46. The fraction of sp³-hybridized carbons (Fsp3) is 0.579. The molecule has 3 rings (SSSR count). The molecule has 29 heavy (non-hydrogen) atoms. The van der Waals surface area contributed by atoms with Gasteiger partial charge in [-0.15, -0.1) is 11.3 Å². The Morgan fingerprint density at radius 2 is 2.14 bits per heavy atom. The van der Waals surface area contributed by atoms with Crippen LogP contribution < -0.4 is 10.1 Å². The van der Waals surface area contributed by atoms with Gasteiger partial charge < -0.3 is 14.8 Å². The van der Waals surface area contributed by atoms with E-state index in [1.165, 1.54) is 19.1 Å². The number of hydrogen-bond donors (Lipinski definition) is 1. The number of alkyl halides is 3. The predicted molar refractivity (Wildman–Crippen MR) is 101 cm³/mol. The van der Waals surface area contributed by atoms with Gasteiger partial charge in [0.1, 0.15) is 12.3 Å². The number of thiazole rings is 1. The summed E-state index contributed by atoms with van der Waals surface area (Å²) in [6.45, 7) is 3.78. The summed E-state index contributed by atoms with van der Waals surface area (Å²) >= 11 is 0.552. The van der Waals surface area contributed by atoms with Crippen LogP contribution in [0.1, 0.15) is 38.6 Å². The highest BCUT2D eigenvalue weighted by Crippen LogP contribution is 2.40. The molecule has 0 unspecified atom stereocenters. The minimum absolute atomic E-state index is 0.0475. The fourth-order valence-corrected chi connectivity index (χ4v) is 4.03. The lowest BCUT2D eigenvalue weighted by Crippen LogP contribution is -2.50. The van der Waals surface area contributed by atoms with Crippen molar-refractivity contribution in [3.05, 3.63) is 23.0 Å². The van der Waals surface area contributed by atoms with E-state index >= 15 is 0 Å². The average molecular weight is 434 g/mol. The van der Waals surface area contributed by atoms with E-state index < -0.39 is 22.4 Å². The number of aromatic nitrogens is 1. The first kappa shape index (κ1) is 21.8. The van der Waals surface area contributed by atoms with Crippen molar-refractivity contribution in [1.82, 2.24) is 10.3 Å². The number of rotatable bonds is 8. The first-order valence-corrected chi connectivity index (χ1v) is 9.96. The Balaban J connectivity index is 1.54. The Bertz CT molecular complexity index is 893. The molecule has 1 saturated carbocycles. The molecular weight excluding hydrogens is 412 g/mol. The Morgan fingerprint density at radius 3 is 2.76 bits per heavy atom. The van der Waals surface area contributed by atoms with Gasteiger partial charge in [-0.25, -0.2) is 13.8 Å². The van der Waals surface area contributed by atoms with Gasteiger partial charge in [0, 0.05) is 32.7 Å². The molecule has 1 N–H and O–H groups in total. The molecule has 2 aromatic rings. The fourth-order valence-electron chi connectivity index (χ4n) is 3.11. The molecule has 0 bridgehead atoms. The number of fused-ring (bicyclic) bond motifs is 1. The summed E-state index contributed by atoms with van der Waals surface area (Å²) in [4.78, 5) is 14.7. The summed E-state index contributed by atoms with van der Waals surface area (Å²) in [5, 5.41) is 2.18. The van der Waals surface area contributed by atoms with Crippen molar-refractivity contribution in [3.8, 4) is 5.75 Å². The molecule has 0 radical (unpaired) electrons. The lowest BCUT2D eigenvalue weighted by atomic mass is 9.79. The van der Waals surface area contributed by atoms with Crippen LogP contribution in [-0.2, 0) is 15.5 Å². The Labute approximate surface area is 169 Å². The second-order valence-electron chi connectivity index (χ2n) is 7.54. The van der Waals surface area contributed by atoms with Gasteiger partial charge in [0.25, 0.3) is 5.92 Å². The SMILES string of the molecule is CC(=O)N[C@@H](C)COC1CC(F)(COc2ccc3nc(C(C)(F)F)sc3c2F)C1. The number of carbonyl (C=O) groups is 1. The molecule has 160 valence electrons. The van der Waals surface area contributed by atoms with E-state index in [2.05, 4.69) is 10.3 Å². The number of ether oxygens (including phenoxy) is 2. The zero-order chi connectivity index (χ0) is 21.4. The Hall–Kier alpha value is -1.94. The van der Waals surface area contributed by atoms with Crippen molar-refractivity contribution >= 4 is 27.5 Å². The van der Waals surface area contributed by atoms with Gasteiger partial charge in [-0.1, -0.05) is 0 Å². The highest BCUT2D eigenvalue weighted by atomic mass is 32.1. The zero-order valence-corrected chi connectivity index (χ0v) is 17.0. The standard InChI is InChI=1S/C19H22F4N2O3S/c1-10(24-11(2)26)8-27-12-6-19(23,7-12)9-28-14-5-4-13-16(15(14)20)29-17(25-13)18(3,21)22/h4-5,10,12H,6-9H2,1-3H3,(H,24,26)/t10-,12?,19?/m0/s1.